The lowest BCUT2D eigenvalue weighted by Gasteiger charge is -2.41. The number of hydrogen-bond donors (Lipinski definition) is 1. The van der Waals surface area contributed by atoms with E-state index in [0.717, 1.165) is 28.0 Å². The first-order valence-electron chi connectivity index (χ1n) is 17.0. The lowest BCUT2D eigenvalue weighted by atomic mass is 9.65. The third-order valence-electron chi connectivity index (χ3n) is 10.3. The quantitative estimate of drug-likeness (QED) is 0.179. The van der Waals surface area contributed by atoms with Crippen LogP contribution in [0.4, 0.5) is 0 Å². The van der Waals surface area contributed by atoms with E-state index in [1.165, 1.54) is 42.7 Å². The van der Waals surface area contributed by atoms with Gasteiger partial charge in [-0.1, -0.05) is 152 Å². The van der Waals surface area contributed by atoms with Crippen molar-refractivity contribution in [1.29, 1.82) is 0 Å². The summed E-state index contributed by atoms with van der Waals surface area (Å²) < 4.78 is 3.86. The maximum absolute atomic E-state index is 7.08. The summed E-state index contributed by atoms with van der Waals surface area (Å²) in [7, 11) is 0. The van der Waals surface area contributed by atoms with E-state index in [0.29, 0.717) is 0 Å². The highest BCUT2D eigenvalue weighted by Gasteiger charge is 2.46. The average molecular weight is 649 g/mol. The van der Waals surface area contributed by atoms with Gasteiger partial charge in [0, 0.05) is 60.2 Å². The Morgan fingerprint density at radius 1 is 0.776 bits per heavy atom. The summed E-state index contributed by atoms with van der Waals surface area (Å²) in [4.78, 5) is 1.46. The van der Waals surface area contributed by atoms with E-state index in [1.807, 2.05) is 17.4 Å². The van der Waals surface area contributed by atoms with Gasteiger partial charge in [0.2, 0.25) is 0 Å². The van der Waals surface area contributed by atoms with Crippen LogP contribution in [0.1, 0.15) is 46.1 Å². The van der Waals surface area contributed by atoms with Crippen LogP contribution in [0.3, 0.4) is 0 Å². The highest BCUT2D eigenvalue weighted by Crippen LogP contribution is 2.60. The molecular weight excluding hydrogens is 613 g/mol. The monoisotopic (exact) mass is 648 g/mol. The molecule has 7 aromatic rings. The maximum Gasteiger partial charge on any atom is 0.0538 e. The molecule has 0 saturated carbocycles. The first kappa shape index (κ1) is 29.6. The number of hydrogen-bond acceptors (Lipinski definition) is 2. The van der Waals surface area contributed by atoms with Crippen LogP contribution >= 0.6 is 11.3 Å². The van der Waals surface area contributed by atoms with E-state index in [1.54, 1.807) is 0 Å². The Hall–Kier alpha value is -5.48. The maximum atomic E-state index is 7.08. The van der Waals surface area contributed by atoms with Crippen molar-refractivity contribution in [1.82, 2.24) is 4.57 Å². The third kappa shape index (κ3) is 4.89. The molecule has 0 fully saturated rings. The van der Waals surface area contributed by atoms with E-state index in [9.17, 15) is 0 Å². The van der Waals surface area contributed by atoms with E-state index < -0.39 is 0 Å². The van der Waals surface area contributed by atoms with Crippen molar-refractivity contribution in [2.75, 3.05) is 0 Å². The van der Waals surface area contributed by atoms with Crippen molar-refractivity contribution < 1.29 is 0 Å². The van der Waals surface area contributed by atoms with Crippen LogP contribution in [-0.4, -0.2) is 4.57 Å². The first-order valence-corrected chi connectivity index (χ1v) is 17.8. The topological polar surface area (TPSA) is 30.9 Å². The number of aromatic nitrogens is 1. The van der Waals surface area contributed by atoms with Gasteiger partial charge in [-0.05, 0) is 53.5 Å². The standard InChI is InChI=1S/C46H36N2S/c1-46-28-13-12-23-38(46)44-42(37-22-9-11-25-41(37)49-44)43-36-21-8-10-24-40(36)48(45(43)46)35-20-14-19-34(29-35)39(47)30-33(32-17-6-3-7-18-32)27-26-31-15-4-2-5-16-31/h2-30,38-39H,47H2,1H3/b27-26+,33-30+. The molecule has 0 aliphatic heterocycles. The number of allylic oxidation sites excluding steroid dienone is 6. The Balaban J connectivity index is 1.22. The molecule has 2 nitrogen and oxygen atoms in total. The molecule has 2 aromatic heterocycles. The predicted octanol–water partition coefficient (Wildman–Crippen LogP) is 11.8. The summed E-state index contributed by atoms with van der Waals surface area (Å²) >= 11 is 1.95. The van der Waals surface area contributed by atoms with Gasteiger partial charge in [0.1, 0.15) is 0 Å². The fourth-order valence-corrected chi connectivity index (χ4v) is 9.35. The minimum Gasteiger partial charge on any atom is -0.321 e. The molecule has 2 aliphatic rings. The summed E-state index contributed by atoms with van der Waals surface area (Å²) in [6.07, 6.45) is 15.8. The molecule has 9 rings (SSSR count). The molecule has 3 heteroatoms. The Kier molecular flexibility index (Phi) is 7.19. The molecule has 0 bridgehead atoms. The Morgan fingerprint density at radius 2 is 1.51 bits per heavy atom. The van der Waals surface area contributed by atoms with Gasteiger partial charge >= 0.3 is 0 Å². The fourth-order valence-electron chi connectivity index (χ4n) is 7.92. The molecule has 0 spiro atoms. The van der Waals surface area contributed by atoms with E-state index in [4.69, 9.17) is 5.73 Å². The van der Waals surface area contributed by atoms with Gasteiger partial charge in [-0.25, -0.2) is 0 Å². The average Bonchev–Trinajstić information content (AvgIpc) is 3.71. The zero-order valence-electron chi connectivity index (χ0n) is 27.3. The van der Waals surface area contributed by atoms with E-state index in [-0.39, 0.29) is 17.4 Å². The Bertz CT molecular complexity index is 2470. The van der Waals surface area contributed by atoms with Crippen molar-refractivity contribution >= 4 is 44.0 Å². The second-order valence-corrected chi connectivity index (χ2v) is 14.4. The molecule has 0 saturated heterocycles. The van der Waals surface area contributed by atoms with Crippen LogP contribution in [-0.2, 0) is 5.41 Å². The van der Waals surface area contributed by atoms with Gasteiger partial charge in [-0.2, -0.15) is 0 Å². The first-order chi connectivity index (χ1) is 24.1. The molecule has 3 atom stereocenters. The molecule has 2 N–H and O–H groups in total. The van der Waals surface area contributed by atoms with Crippen molar-refractivity contribution in [2.45, 2.75) is 24.3 Å². The molecule has 3 unspecified atom stereocenters. The molecule has 0 radical (unpaired) electrons. The minimum atomic E-state index is -0.304. The van der Waals surface area contributed by atoms with Crippen molar-refractivity contribution in [2.24, 2.45) is 5.73 Å². The molecule has 0 amide bonds. The zero-order chi connectivity index (χ0) is 33.0. The van der Waals surface area contributed by atoms with Gasteiger partial charge in [0.05, 0.1) is 5.52 Å². The highest BCUT2D eigenvalue weighted by atomic mass is 32.1. The van der Waals surface area contributed by atoms with Crippen LogP contribution in [0.2, 0.25) is 0 Å². The summed E-state index contributed by atoms with van der Waals surface area (Å²) in [5.41, 5.74) is 17.8. The molecule has 2 heterocycles. The predicted molar refractivity (Wildman–Crippen MR) is 209 cm³/mol. The van der Waals surface area contributed by atoms with Gasteiger partial charge in [-0.3, -0.25) is 0 Å². The molecule has 5 aromatic carbocycles. The van der Waals surface area contributed by atoms with Gasteiger partial charge in [-0.15, -0.1) is 11.3 Å². The van der Waals surface area contributed by atoms with Crippen LogP contribution in [0, 0.1) is 0 Å². The Morgan fingerprint density at radius 3 is 2.35 bits per heavy atom. The van der Waals surface area contributed by atoms with Crippen molar-refractivity contribution in [3.63, 3.8) is 0 Å². The lowest BCUT2D eigenvalue weighted by molar-refractivity contribution is 0.503. The summed E-state index contributed by atoms with van der Waals surface area (Å²) in [5.74, 6) is 0.249. The highest BCUT2D eigenvalue weighted by molar-refractivity contribution is 7.19. The largest absolute Gasteiger partial charge is 0.321 e. The smallest absolute Gasteiger partial charge is 0.0538 e. The van der Waals surface area contributed by atoms with Crippen LogP contribution < -0.4 is 5.73 Å². The van der Waals surface area contributed by atoms with Crippen molar-refractivity contribution in [3.05, 3.63) is 197 Å². The molecule has 49 heavy (non-hydrogen) atoms. The number of thiophene rings is 1. The van der Waals surface area contributed by atoms with Gasteiger partial charge < -0.3 is 10.3 Å². The van der Waals surface area contributed by atoms with Crippen LogP contribution in [0.15, 0.2) is 170 Å². The summed E-state index contributed by atoms with van der Waals surface area (Å²) in [6.45, 7) is 2.42. The molecular formula is C46H36N2S. The van der Waals surface area contributed by atoms with E-state index in [2.05, 4.69) is 181 Å². The number of rotatable bonds is 6. The van der Waals surface area contributed by atoms with Gasteiger partial charge in [0.25, 0.3) is 0 Å². The third-order valence-corrected chi connectivity index (χ3v) is 11.5. The van der Waals surface area contributed by atoms with Gasteiger partial charge in [0.15, 0.2) is 0 Å². The van der Waals surface area contributed by atoms with Crippen LogP contribution in [0.25, 0.3) is 49.5 Å². The van der Waals surface area contributed by atoms with Crippen molar-refractivity contribution in [3.8, 4) is 16.8 Å². The fraction of sp³-hybridized carbons (Fsp3) is 0.0870. The number of benzene rings is 5. The van der Waals surface area contributed by atoms with Crippen LogP contribution in [0.5, 0.6) is 0 Å². The molecule has 2 aliphatic carbocycles. The Labute approximate surface area is 291 Å². The number of nitrogens with zero attached hydrogens (tertiary/aromatic N) is 1. The summed E-state index contributed by atoms with van der Waals surface area (Å²) in [5, 5.41) is 2.63. The second kappa shape index (κ2) is 11.9. The zero-order valence-corrected chi connectivity index (χ0v) is 28.1. The summed E-state index contributed by atoms with van der Waals surface area (Å²) in [6, 6.07) is 47.3. The number of fused-ring (bicyclic) bond motifs is 10. The SMILES string of the molecule is CC12C=CC=CC1c1sc3ccccc3c1-c1c2n(-c2cccc(C(N)/C=C(\C=C\c3ccccc3)c3ccccc3)c2)c2ccccc12. The lowest BCUT2D eigenvalue weighted by Crippen LogP contribution is -2.34. The number of nitrogens with two attached hydrogens (primary N) is 1. The van der Waals surface area contributed by atoms with E-state index >= 15 is 0 Å². The number of para-hydroxylation sites is 1. The second-order valence-electron chi connectivity index (χ2n) is 13.3. The minimum absolute atomic E-state index is 0.224. The molecule has 236 valence electrons. The normalized spacial score (nSPS) is 18.9.